The maximum atomic E-state index is 12.1. The van der Waals surface area contributed by atoms with Crippen LogP contribution in [-0.2, 0) is 6.54 Å². The molecule has 0 aliphatic heterocycles. The molecule has 2 aromatic rings. The standard InChI is InChI=1S/C15H11Cl2IN2OS/c16-10-6-5-9(12(17)7-10)8-19-15(22)20-14(21)11-3-1-2-4-13(11)18/h1-7H,8H2,(H2,19,20,21,22). The molecule has 2 rings (SSSR count). The zero-order valence-corrected chi connectivity index (χ0v) is 15.7. The van der Waals surface area contributed by atoms with E-state index in [9.17, 15) is 4.79 Å². The van der Waals surface area contributed by atoms with Gasteiger partial charge in [0.1, 0.15) is 0 Å². The van der Waals surface area contributed by atoms with Gasteiger partial charge in [0.2, 0.25) is 0 Å². The maximum absolute atomic E-state index is 12.1. The molecule has 0 heterocycles. The molecule has 0 unspecified atom stereocenters. The molecular weight excluding hydrogens is 454 g/mol. The number of benzene rings is 2. The number of nitrogens with one attached hydrogen (secondary N) is 2. The van der Waals surface area contributed by atoms with Crippen LogP contribution in [0.2, 0.25) is 10.0 Å². The first-order valence-electron chi connectivity index (χ1n) is 6.25. The minimum Gasteiger partial charge on any atom is -0.358 e. The highest BCUT2D eigenvalue weighted by molar-refractivity contribution is 14.1. The summed E-state index contributed by atoms with van der Waals surface area (Å²) in [5, 5.41) is 6.96. The van der Waals surface area contributed by atoms with Crippen LogP contribution >= 0.6 is 58.0 Å². The van der Waals surface area contributed by atoms with Crippen molar-refractivity contribution in [1.29, 1.82) is 0 Å². The molecule has 0 bridgehead atoms. The summed E-state index contributed by atoms with van der Waals surface area (Å²) in [6.07, 6.45) is 0. The molecule has 0 fully saturated rings. The molecule has 114 valence electrons. The van der Waals surface area contributed by atoms with Crippen molar-refractivity contribution in [3.63, 3.8) is 0 Å². The highest BCUT2D eigenvalue weighted by Gasteiger charge is 2.11. The Hall–Kier alpha value is -0.890. The van der Waals surface area contributed by atoms with Crippen LogP contribution in [-0.4, -0.2) is 11.0 Å². The summed E-state index contributed by atoms with van der Waals surface area (Å²) in [5.74, 6) is -0.246. The van der Waals surface area contributed by atoms with E-state index >= 15 is 0 Å². The Labute approximate surface area is 157 Å². The summed E-state index contributed by atoms with van der Waals surface area (Å²) in [4.78, 5) is 12.1. The van der Waals surface area contributed by atoms with Gasteiger partial charge in [-0.2, -0.15) is 0 Å². The molecule has 2 N–H and O–H groups in total. The monoisotopic (exact) mass is 464 g/mol. The molecule has 1 amide bonds. The third-order valence-corrected chi connectivity index (χ3v) is 4.57. The Bertz CT molecular complexity index is 724. The lowest BCUT2D eigenvalue weighted by molar-refractivity contribution is 0.0976. The highest BCUT2D eigenvalue weighted by Crippen LogP contribution is 2.20. The lowest BCUT2D eigenvalue weighted by Crippen LogP contribution is -2.39. The summed E-state index contributed by atoms with van der Waals surface area (Å²) in [7, 11) is 0. The van der Waals surface area contributed by atoms with Crippen LogP contribution in [0.15, 0.2) is 42.5 Å². The quantitative estimate of drug-likeness (QED) is 0.522. The first-order chi connectivity index (χ1) is 10.5. The minimum atomic E-state index is -0.246. The Morgan fingerprint density at radius 2 is 1.91 bits per heavy atom. The summed E-state index contributed by atoms with van der Waals surface area (Å²) in [6.45, 7) is 0.404. The molecule has 22 heavy (non-hydrogen) atoms. The van der Waals surface area contributed by atoms with Crippen molar-refractivity contribution in [1.82, 2.24) is 10.6 Å². The van der Waals surface area contributed by atoms with Gasteiger partial charge in [0.25, 0.3) is 5.91 Å². The number of rotatable bonds is 3. The Kier molecular flexibility index (Phi) is 6.43. The van der Waals surface area contributed by atoms with Crippen molar-refractivity contribution in [2.24, 2.45) is 0 Å². The van der Waals surface area contributed by atoms with E-state index in [0.29, 0.717) is 22.2 Å². The van der Waals surface area contributed by atoms with Crippen LogP contribution in [0.5, 0.6) is 0 Å². The molecule has 0 spiro atoms. The van der Waals surface area contributed by atoms with E-state index in [2.05, 4.69) is 33.2 Å². The van der Waals surface area contributed by atoms with Crippen LogP contribution in [0, 0.1) is 3.57 Å². The summed E-state index contributed by atoms with van der Waals surface area (Å²) in [6, 6.07) is 12.5. The third kappa shape index (κ3) is 4.81. The number of carbonyl (C=O) groups is 1. The van der Waals surface area contributed by atoms with Gasteiger partial charge >= 0.3 is 0 Å². The molecule has 0 atom stereocenters. The van der Waals surface area contributed by atoms with E-state index in [0.717, 1.165) is 9.13 Å². The Morgan fingerprint density at radius 1 is 1.18 bits per heavy atom. The number of hydrogen-bond acceptors (Lipinski definition) is 2. The topological polar surface area (TPSA) is 41.1 Å². The third-order valence-electron chi connectivity index (χ3n) is 2.80. The zero-order chi connectivity index (χ0) is 16.1. The van der Waals surface area contributed by atoms with Gasteiger partial charge in [-0.25, -0.2) is 0 Å². The van der Waals surface area contributed by atoms with Gasteiger partial charge in [-0.1, -0.05) is 41.4 Å². The van der Waals surface area contributed by atoms with E-state index in [4.69, 9.17) is 35.4 Å². The lowest BCUT2D eigenvalue weighted by Gasteiger charge is -2.11. The molecule has 0 saturated heterocycles. The fourth-order valence-corrected chi connectivity index (χ4v) is 2.97. The van der Waals surface area contributed by atoms with Gasteiger partial charge in [0.15, 0.2) is 5.11 Å². The number of hydrogen-bond donors (Lipinski definition) is 2. The number of thiocarbonyl (C=S) groups is 1. The molecule has 0 aromatic heterocycles. The SMILES string of the molecule is O=C(NC(=S)NCc1ccc(Cl)cc1Cl)c1ccccc1I. The normalized spacial score (nSPS) is 10.1. The molecule has 3 nitrogen and oxygen atoms in total. The average molecular weight is 465 g/mol. The van der Waals surface area contributed by atoms with Crippen molar-refractivity contribution in [3.05, 3.63) is 67.2 Å². The van der Waals surface area contributed by atoms with Gasteiger partial charge in [0.05, 0.1) is 5.56 Å². The Morgan fingerprint density at radius 3 is 2.59 bits per heavy atom. The van der Waals surface area contributed by atoms with Crippen molar-refractivity contribution in [3.8, 4) is 0 Å². The van der Waals surface area contributed by atoms with Crippen LogP contribution in [0.25, 0.3) is 0 Å². The highest BCUT2D eigenvalue weighted by atomic mass is 127. The predicted molar refractivity (Wildman–Crippen MR) is 103 cm³/mol. The van der Waals surface area contributed by atoms with Crippen LogP contribution in [0.3, 0.4) is 0 Å². The van der Waals surface area contributed by atoms with E-state index in [1.807, 2.05) is 18.2 Å². The van der Waals surface area contributed by atoms with Crippen molar-refractivity contribution in [2.75, 3.05) is 0 Å². The molecule has 0 saturated carbocycles. The van der Waals surface area contributed by atoms with Gasteiger partial charge in [-0.05, 0) is 64.6 Å². The summed E-state index contributed by atoms with van der Waals surface area (Å²) < 4.78 is 0.862. The largest absolute Gasteiger partial charge is 0.358 e. The summed E-state index contributed by atoms with van der Waals surface area (Å²) >= 11 is 19.2. The van der Waals surface area contributed by atoms with Gasteiger partial charge in [-0.3, -0.25) is 10.1 Å². The van der Waals surface area contributed by atoms with Crippen LogP contribution in [0.4, 0.5) is 0 Å². The molecule has 0 radical (unpaired) electrons. The second-order valence-electron chi connectivity index (χ2n) is 4.35. The zero-order valence-electron chi connectivity index (χ0n) is 11.2. The van der Waals surface area contributed by atoms with Crippen molar-refractivity contribution in [2.45, 2.75) is 6.54 Å². The average Bonchev–Trinajstić information content (AvgIpc) is 2.46. The Balaban J connectivity index is 1.93. The smallest absolute Gasteiger partial charge is 0.258 e. The minimum absolute atomic E-state index is 0.246. The second-order valence-corrected chi connectivity index (χ2v) is 6.77. The van der Waals surface area contributed by atoms with Gasteiger partial charge in [0, 0.05) is 20.2 Å². The predicted octanol–water partition coefficient (Wildman–Crippen LogP) is 4.40. The number of carbonyl (C=O) groups excluding carboxylic acids is 1. The van der Waals surface area contributed by atoms with Crippen LogP contribution in [0.1, 0.15) is 15.9 Å². The molecule has 0 aliphatic rings. The van der Waals surface area contributed by atoms with Crippen molar-refractivity contribution < 1.29 is 4.79 Å². The number of halogens is 3. The first-order valence-corrected chi connectivity index (χ1v) is 8.49. The van der Waals surface area contributed by atoms with E-state index in [1.165, 1.54) is 0 Å². The van der Waals surface area contributed by atoms with E-state index < -0.39 is 0 Å². The van der Waals surface area contributed by atoms with E-state index in [1.54, 1.807) is 24.3 Å². The molecule has 7 heteroatoms. The first kappa shape index (κ1) is 17.5. The van der Waals surface area contributed by atoms with Crippen molar-refractivity contribution >= 4 is 69.0 Å². The fraction of sp³-hybridized carbons (Fsp3) is 0.0667. The van der Waals surface area contributed by atoms with Gasteiger partial charge in [-0.15, -0.1) is 0 Å². The molecular formula is C15H11Cl2IN2OS. The van der Waals surface area contributed by atoms with Gasteiger partial charge < -0.3 is 5.32 Å². The molecule has 0 aliphatic carbocycles. The van der Waals surface area contributed by atoms with Crippen LogP contribution < -0.4 is 10.6 Å². The maximum Gasteiger partial charge on any atom is 0.258 e. The second kappa shape index (κ2) is 8.10. The summed E-state index contributed by atoms with van der Waals surface area (Å²) in [5.41, 5.74) is 1.42. The lowest BCUT2D eigenvalue weighted by atomic mass is 10.2. The van der Waals surface area contributed by atoms with E-state index in [-0.39, 0.29) is 11.0 Å². The molecule has 2 aromatic carbocycles. The number of amides is 1. The fourth-order valence-electron chi connectivity index (χ4n) is 1.70.